The fourth-order valence-corrected chi connectivity index (χ4v) is 1.34. The predicted molar refractivity (Wildman–Crippen MR) is 61.4 cm³/mol. The van der Waals surface area contributed by atoms with Crippen molar-refractivity contribution in [3.63, 3.8) is 0 Å². The lowest BCUT2D eigenvalue weighted by molar-refractivity contribution is -0.116. The van der Waals surface area contributed by atoms with E-state index in [1.54, 1.807) is 29.4 Å². The lowest BCUT2D eigenvalue weighted by atomic mass is 10.1. The van der Waals surface area contributed by atoms with Crippen LogP contribution in [0.5, 0.6) is 0 Å². The van der Waals surface area contributed by atoms with Crippen molar-refractivity contribution in [1.82, 2.24) is 14.7 Å². The van der Waals surface area contributed by atoms with Gasteiger partial charge >= 0.3 is 0 Å². The quantitative estimate of drug-likeness (QED) is 0.872. The summed E-state index contributed by atoms with van der Waals surface area (Å²) < 4.78 is 6.68. The first-order valence-electron chi connectivity index (χ1n) is 5.37. The summed E-state index contributed by atoms with van der Waals surface area (Å²) >= 11 is 0. The van der Waals surface area contributed by atoms with Gasteiger partial charge in [-0.15, -0.1) is 0 Å². The molecule has 0 saturated heterocycles. The summed E-state index contributed by atoms with van der Waals surface area (Å²) in [5.74, 6) is 0.478. The first-order chi connectivity index (χ1) is 8.15. The summed E-state index contributed by atoms with van der Waals surface area (Å²) in [6, 6.07) is 1.73. The molecule has 2 rings (SSSR count). The molecule has 2 aromatic rings. The molecular formula is C11H14N4O2. The van der Waals surface area contributed by atoms with Crippen LogP contribution in [0.4, 0.5) is 5.88 Å². The maximum Gasteiger partial charge on any atom is 0.246 e. The summed E-state index contributed by atoms with van der Waals surface area (Å²) in [5.41, 5.74) is 0.822. The summed E-state index contributed by atoms with van der Waals surface area (Å²) in [4.78, 5) is 15.5. The van der Waals surface area contributed by atoms with Gasteiger partial charge in [-0.25, -0.2) is 4.98 Å². The van der Waals surface area contributed by atoms with Crippen molar-refractivity contribution in [3.8, 4) is 0 Å². The number of hydrogen-bond donors (Lipinski definition) is 1. The highest BCUT2D eigenvalue weighted by molar-refractivity contribution is 5.89. The Morgan fingerprint density at radius 1 is 1.59 bits per heavy atom. The zero-order valence-corrected chi connectivity index (χ0v) is 9.75. The molecule has 0 unspecified atom stereocenters. The van der Waals surface area contributed by atoms with Crippen LogP contribution < -0.4 is 5.32 Å². The average molecular weight is 234 g/mol. The molecule has 0 atom stereocenters. The van der Waals surface area contributed by atoms with Crippen molar-refractivity contribution in [3.05, 3.63) is 30.5 Å². The van der Waals surface area contributed by atoms with E-state index in [-0.39, 0.29) is 18.4 Å². The number of nitrogens with one attached hydrogen (secondary N) is 1. The molecule has 0 aliphatic heterocycles. The largest absolute Gasteiger partial charge is 0.338 e. The molecule has 17 heavy (non-hydrogen) atoms. The highest BCUT2D eigenvalue weighted by Crippen LogP contribution is 2.17. The number of rotatable bonds is 4. The van der Waals surface area contributed by atoms with Crippen molar-refractivity contribution in [2.45, 2.75) is 26.3 Å². The van der Waals surface area contributed by atoms with Crippen LogP contribution in [0.1, 0.15) is 25.5 Å². The van der Waals surface area contributed by atoms with Gasteiger partial charge in [0.25, 0.3) is 0 Å². The molecule has 0 fully saturated rings. The predicted octanol–water partition coefficient (Wildman–Crippen LogP) is 1.63. The second kappa shape index (κ2) is 4.82. The van der Waals surface area contributed by atoms with Crippen molar-refractivity contribution in [2.24, 2.45) is 0 Å². The van der Waals surface area contributed by atoms with Crippen molar-refractivity contribution in [2.75, 3.05) is 5.32 Å². The molecule has 1 N–H and O–H groups in total. The minimum Gasteiger partial charge on any atom is -0.338 e. The molecule has 6 heteroatoms. The Kier molecular flexibility index (Phi) is 3.22. The first kappa shape index (κ1) is 11.4. The van der Waals surface area contributed by atoms with Gasteiger partial charge in [-0.1, -0.05) is 19.0 Å². The normalized spacial score (nSPS) is 10.8. The molecule has 0 bridgehead atoms. The van der Waals surface area contributed by atoms with E-state index < -0.39 is 0 Å². The van der Waals surface area contributed by atoms with Gasteiger partial charge in [0.1, 0.15) is 6.54 Å². The Hall–Kier alpha value is -2.11. The Morgan fingerprint density at radius 3 is 3.00 bits per heavy atom. The Bertz CT molecular complexity index is 487. The van der Waals surface area contributed by atoms with E-state index in [1.165, 1.54) is 0 Å². The lowest BCUT2D eigenvalue weighted by Gasteiger charge is -2.01. The number of carbonyl (C=O) groups excluding carboxylic acids is 1. The van der Waals surface area contributed by atoms with Crippen molar-refractivity contribution < 1.29 is 9.32 Å². The third-order valence-corrected chi connectivity index (χ3v) is 2.27. The number of carbonyl (C=O) groups is 1. The molecular weight excluding hydrogens is 220 g/mol. The lowest BCUT2D eigenvalue weighted by Crippen LogP contribution is -2.17. The van der Waals surface area contributed by atoms with Crippen molar-refractivity contribution >= 4 is 11.8 Å². The maximum atomic E-state index is 11.6. The van der Waals surface area contributed by atoms with E-state index in [0.29, 0.717) is 5.88 Å². The van der Waals surface area contributed by atoms with Crippen LogP contribution in [0.15, 0.2) is 29.3 Å². The van der Waals surface area contributed by atoms with Crippen LogP contribution >= 0.6 is 0 Å². The molecule has 2 aromatic heterocycles. The van der Waals surface area contributed by atoms with E-state index in [2.05, 4.69) is 15.5 Å². The molecule has 0 aliphatic carbocycles. The van der Waals surface area contributed by atoms with Crippen LogP contribution in [0.3, 0.4) is 0 Å². The second-order valence-electron chi connectivity index (χ2n) is 4.05. The zero-order valence-electron chi connectivity index (χ0n) is 9.75. The molecule has 0 spiro atoms. The van der Waals surface area contributed by atoms with E-state index in [9.17, 15) is 4.79 Å². The summed E-state index contributed by atoms with van der Waals surface area (Å²) in [7, 11) is 0. The third-order valence-electron chi connectivity index (χ3n) is 2.27. The van der Waals surface area contributed by atoms with Crippen LogP contribution in [-0.4, -0.2) is 20.6 Å². The number of nitrogens with zero attached hydrogens (tertiary/aromatic N) is 3. The zero-order chi connectivity index (χ0) is 12.3. The average Bonchev–Trinajstić information content (AvgIpc) is 2.88. The maximum absolute atomic E-state index is 11.6. The van der Waals surface area contributed by atoms with E-state index in [4.69, 9.17) is 4.52 Å². The van der Waals surface area contributed by atoms with Gasteiger partial charge in [0.15, 0.2) is 0 Å². The van der Waals surface area contributed by atoms with Crippen LogP contribution in [-0.2, 0) is 11.3 Å². The minimum absolute atomic E-state index is 0.172. The summed E-state index contributed by atoms with van der Waals surface area (Å²) in [6.45, 7) is 4.22. The molecule has 0 radical (unpaired) electrons. The van der Waals surface area contributed by atoms with Crippen LogP contribution in [0.25, 0.3) is 0 Å². The Labute approximate surface area is 98.6 Å². The van der Waals surface area contributed by atoms with E-state index in [1.807, 2.05) is 13.8 Å². The Balaban J connectivity index is 1.93. The molecule has 0 saturated carbocycles. The fourth-order valence-electron chi connectivity index (χ4n) is 1.34. The van der Waals surface area contributed by atoms with Gasteiger partial charge in [0.2, 0.25) is 11.8 Å². The fraction of sp³-hybridized carbons (Fsp3) is 0.364. The molecule has 0 aromatic carbocycles. The molecule has 1 amide bonds. The van der Waals surface area contributed by atoms with Crippen LogP contribution in [0.2, 0.25) is 0 Å². The van der Waals surface area contributed by atoms with Gasteiger partial charge in [0, 0.05) is 18.5 Å². The minimum atomic E-state index is -0.172. The number of imidazole rings is 1. The van der Waals surface area contributed by atoms with Gasteiger partial charge < -0.3 is 9.09 Å². The smallest absolute Gasteiger partial charge is 0.246 e. The van der Waals surface area contributed by atoms with Gasteiger partial charge in [-0.3, -0.25) is 10.1 Å². The first-order valence-corrected chi connectivity index (χ1v) is 5.37. The summed E-state index contributed by atoms with van der Waals surface area (Å²) in [6.07, 6.45) is 4.93. The molecule has 2 heterocycles. The topological polar surface area (TPSA) is 73.0 Å². The number of anilines is 1. The van der Waals surface area contributed by atoms with E-state index >= 15 is 0 Å². The monoisotopic (exact) mass is 234 g/mol. The van der Waals surface area contributed by atoms with Gasteiger partial charge in [0.05, 0.1) is 12.0 Å². The van der Waals surface area contributed by atoms with Crippen molar-refractivity contribution in [1.29, 1.82) is 0 Å². The van der Waals surface area contributed by atoms with E-state index in [0.717, 1.165) is 5.69 Å². The summed E-state index contributed by atoms with van der Waals surface area (Å²) in [5, 5.41) is 6.50. The second-order valence-corrected chi connectivity index (χ2v) is 4.05. The molecule has 90 valence electrons. The van der Waals surface area contributed by atoms with Gasteiger partial charge in [-0.2, -0.15) is 0 Å². The molecule has 6 nitrogen and oxygen atoms in total. The third kappa shape index (κ3) is 2.93. The highest BCUT2D eigenvalue weighted by atomic mass is 16.5. The van der Waals surface area contributed by atoms with Gasteiger partial charge in [-0.05, 0) is 5.92 Å². The number of hydrogen-bond acceptors (Lipinski definition) is 4. The van der Waals surface area contributed by atoms with Crippen LogP contribution in [0, 0.1) is 0 Å². The number of amides is 1. The number of aromatic nitrogens is 3. The highest BCUT2D eigenvalue weighted by Gasteiger charge is 2.10. The molecule has 0 aliphatic rings. The standard InChI is InChI=1S/C11H14N4O2/c1-8(2)9-5-11(17-14-9)13-10(16)6-15-4-3-12-7-15/h3-5,7-8H,6H2,1-2H3,(H,13,16). The Morgan fingerprint density at radius 2 is 2.41 bits per heavy atom. The SMILES string of the molecule is CC(C)c1cc(NC(=O)Cn2ccnc2)on1.